The van der Waals surface area contributed by atoms with Gasteiger partial charge in [0.15, 0.2) is 3.92 Å². The number of benzene rings is 1. The molecule has 0 saturated carbocycles. The van der Waals surface area contributed by atoms with Crippen molar-refractivity contribution in [3.05, 3.63) is 34.0 Å². The maximum Gasteiger partial charge on any atom is 0.160 e. The van der Waals surface area contributed by atoms with Gasteiger partial charge in [0.1, 0.15) is 12.4 Å². The highest BCUT2D eigenvalue weighted by Crippen LogP contribution is 2.29. The van der Waals surface area contributed by atoms with E-state index >= 15 is 0 Å². The number of rotatable bonds is 4. The first-order valence-electron chi connectivity index (χ1n) is 4.90. The second kappa shape index (κ2) is 5.57. The molecule has 17 heavy (non-hydrogen) atoms. The zero-order chi connectivity index (χ0) is 12.3. The lowest BCUT2D eigenvalue weighted by atomic mass is 10.3. The van der Waals surface area contributed by atoms with E-state index in [1.807, 2.05) is 12.1 Å². The van der Waals surface area contributed by atoms with Gasteiger partial charge in [-0.15, -0.1) is 11.3 Å². The summed E-state index contributed by atoms with van der Waals surface area (Å²) in [6.07, 6.45) is 0.488. The van der Waals surface area contributed by atoms with Gasteiger partial charge in [-0.25, -0.2) is 9.37 Å². The summed E-state index contributed by atoms with van der Waals surface area (Å²) in [5.74, 6) is 0.682. The van der Waals surface area contributed by atoms with Crippen LogP contribution in [0, 0.1) is 0 Å². The Balaban J connectivity index is 2.14. The lowest BCUT2D eigenvalue weighted by Gasteiger charge is -2.06. The van der Waals surface area contributed by atoms with E-state index in [4.69, 9.17) is 10.5 Å². The number of thiazole rings is 1. The number of aromatic nitrogens is 1. The molecule has 0 radical (unpaired) electrons. The van der Waals surface area contributed by atoms with E-state index in [0.717, 1.165) is 14.1 Å². The summed E-state index contributed by atoms with van der Waals surface area (Å²) in [6, 6.07) is 5.55. The fourth-order valence-electron chi connectivity index (χ4n) is 1.28. The Bertz CT molecular complexity index is 555. The highest BCUT2D eigenvalue weighted by molar-refractivity contribution is 9.11. The Morgan fingerprint density at radius 1 is 1.59 bits per heavy atom. The Morgan fingerprint density at radius 3 is 3.12 bits per heavy atom. The summed E-state index contributed by atoms with van der Waals surface area (Å²) in [6.45, 7) is 0.323. The second-order valence-corrected chi connectivity index (χ2v) is 5.66. The molecule has 1 aromatic carbocycles. The molecular formula is C11H10BrFN2OS. The van der Waals surface area contributed by atoms with Crippen molar-refractivity contribution in [1.29, 1.82) is 0 Å². The molecule has 1 heterocycles. The topological polar surface area (TPSA) is 48.1 Å². The van der Waals surface area contributed by atoms with Crippen LogP contribution in [0.25, 0.3) is 10.2 Å². The number of halogens is 2. The number of nitrogens with zero attached hydrogens (tertiary/aromatic N) is 1. The predicted molar refractivity (Wildman–Crippen MR) is 71.1 cm³/mol. The number of nitrogens with two attached hydrogens (primary N) is 1. The van der Waals surface area contributed by atoms with Crippen molar-refractivity contribution in [3.63, 3.8) is 0 Å². The average molecular weight is 317 g/mol. The Kier molecular flexibility index (Phi) is 4.09. The quantitative estimate of drug-likeness (QED) is 0.942. The molecule has 0 bridgehead atoms. The molecule has 0 spiro atoms. The summed E-state index contributed by atoms with van der Waals surface area (Å²) in [4.78, 5) is 4.27. The van der Waals surface area contributed by atoms with E-state index in [-0.39, 0.29) is 13.2 Å². The fraction of sp³-hybridized carbons (Fsp3) is 0.182. The number of hydrogen-bond acceptors (Lipinski definition) is 4. The Morgan fingerprint density at radius 2 is 2.41 bits per heavy atom. The fourth-order valence-corrected chi connectivity index (χ4v) is 2.71. The third-order valence-corrected chi connectivity index (χ3v) is 3.64. The van der Waals surface area contributed by atoms with Crippen molar-refractivity contribution in [2.75, 3.05) is 13.2 Å². The van der Waals surface area contributed by atoms with Gasteiger partial charge in [-0.3, -0.25) is 0 Å². The molecule has 0 aliphatic heterocycles. The summed E-state index contributed by atoms with van der Waals surface area (Å²) >= 11 is 4.85. The smallest absolute Gasteiger partial charge is 0.160 e. The first-order chi connectivity index (χ1) is 8.22. The minimum absolute atomic E-state index is 0.158. The minimum atomic E-state index is 0.158. The number of ether oxygens (including phenoxy) is 1. The van der Waals surface area contributed by atoms with Crippen LogP contribution in [0.4, 0.5) is 4.39 Å². The van der Waals surface area contributed by atoms with E-state index in [9.17, 15) is 4.39 Å². The van der Waals surface area contributed by atoms with Crippen LogP contribution >= 0.6 is 27.3 Å². The van der Waals surface area contributed by atoms with E-state index in [1.165, 1.54) is 11.3 Å². The lowest BCUT2D eigenvalue weighted by Crippen LogP contribution is -2.10. The molecule has 2 N–H and O–H groups in total. The third-order valence-electron chi connectivity index (χ3n) is 2.17. The van der Waals surface area contributed by atoms with Gasteiger partial charge in [0, 0.05) is 12.1 Å². The van der Waals surface area contributed by atoms with E-state index < -0.39 is 0 Å². The predicted octanol–water partition coefficient (Wildman–Crippen LogP) is 3.25. The van der Waals surface area contributed by atoms with Crippen molar-refractivity contribution in [1.82, 2.24) is 4.98 Å². The first kappa shape index (κ1) is 12.5. The molecule has 0 atom stereocenters. The van der Waals surface area contributed by atoms with Gasteiger partial charge in [0.2, 0.25) is 0 Å². The second-order valence-electron chi connectivity index (χ2n) is 3.36. The summed E-state index contributed by atoms with van der Waals surface area (Å²) < 4.78 is 19.6. The number of hydrogen-bond donors (Lipinski definition) is 1. The van der Waals surface area contributed by atoms with Crippen LogP contribution in [-0.4, -0.2) is 18.1 Å². The van der Waals surface area contributed by atoms with Gasteiger partial charge >= 0.3 is 0 Å². The molecule has 0 aliphatic carbocycles. The molecular weight excluding hydrogens is 307 g/mol. The molecule has 0 unspecified atom stereocenters. The van der Waals surface area contributed by atoms with Gasteiger partial charge in [-0.05, 0) is 34.1 Å². The Labute approximate surface area is 110 Å². The molecule has 0 saturated heterocycles. The van der Waals surface area contributed by atoms with Gasteiger partial charge < -0.3 is 10.5 Å². The van der Waals surface area contributed by atoms with Crippen molar-refractivity contribution >= 4 is 37.5 Å². The molecule has 6 heteroatoms. The molecule has 3 nitrogen and oxygen atoms in total. The van der Waals surface area contributed by atoms with Crippen molar-refractivity contribution in [3.8, 4) is 5.75 Å². The normalized spacial score (nSPS) is 12.1. The monoisotopic (exact) mass is 316 g/mol. The molecule has 1 aromatic heterocycles. The molecule has 2 rings (SSSR count). The van der Waals surface area contributed by atoms with E-state index in [1.54, 1.807) is 6.07 Å². The van der Waals surface area contributed by atoms with Crippen LogP contribution in [0.5, 0.6) is 5.75 Å². The van der Waals surface area contributed by atoms with Crippen molar-refractivity contribution < 1.29 is 9.13 Å². The Hall–Kier alpha value is -0.980. The number of fused-ring (bicyclic) bond motifs is 1. The molecule has 90 valence electrons. The zero-order valence-corrected chi connectivity index (χ0v) is 11.2. The van der Waals surface area contributed by atoms with Crippen LogP contribution in [0.2, 0.25) is 0 Å². The van der Waals surface area contributed by atoms with Gasteiger partial charge in [-0.1, -0.05) is 0 Å². The standard InChI is InChI=1S/C11H10BrFN2OS/c12-11-15-9-2-1-8(3-10(9)17-11)16-6-7(4-13)5-14/h1-4H,5-6,14H2/b7-4+. The third kappa shape index (κ3) is 3.02. The summed E-state index contributed by atoms with van der Waals surface area (Å²) in [5, 5.41) is 0. The highest BCUT2D eigenvalue weighted by Gasteiger charge is 2.04. The van der Waals surface area contributed by atoms with Crippen LogP contribution in [0.15, 0.2) is 34.0 Å². The van der Waals surface area contributed by atoms with Crippen LogP contribution in [0.3, 0.4) is 0 Å². The first-order valence-corrected chi connectivity index (χ1v) is 6.51. The summed E-state index contributed by atoms with van der Waals surface area (Å²) in [7, 11) is 0. The van der Waals surface area contributed by atoms with Crippen LogP contribution < -0.4 is 10.5 Å². The molecule has 0 aliphatic rings. The van der Waals surface area contributed by atoms with Crippen LogP contribution in [-0.2, 0) is 0 Å². The molecule has 0 fully saturated rings. The highest BCUT2D eigenvalue weighted by atomic mass is 79.9. The van der Waals surface area contributed by atoms with Crippen molar-refractivity contribution in [2.24, 2.45) is 5.73 Å². The SMILES string of the molecule is NC/C(=C\F)COc1ccc2nc(Br)sc2c1. The molecule has 0 amide bonds. The van der Waals surface area contributed by atoms with Crippen molar-refractivity contribution in [2.45, 2.75) is 0 Å². The van der Waals surface area contributed by atoms with E-state index in [2.05, 4.69) is 20.9 Å². The zero-order valence-electron chi connectivity index (χ0n) is 8.82. The molecule has 2 aromatic rings. The lowest BCUT2D eigenvalue weighted by molar-refractivity contribution is 0.348. The summed E-state index contributed by atoms with van der Waals surface area (Å²) in [5.41, 5.74) is 6.68. The maximum atomic E-state index is 12.3. The largest absolute Gasteiger partial charge is 0.489 e. The minimum Gasteiger partial charge on any atom is -0.489 e. The van der Waals surface area contributed by atoms with Gasteiger partial charge in [-0.2, -0.15) is 0 Å². The average Bonchev–Trinajstić information content (AvgIpc) is 2.69. The van der Waals surface area contributed by atoms with E-state index in [0.29, 0.717) is 17.7 Å². The maximum absolute atomic E-state index is 12.3. The van der Waals surface area contributed by atoms with Gasteiger partial charge in [0.25, 0.3) is 0 Å². The van der Waals surface area contributed by atoms with Gasteiger partial charge in [0.05, 0.1) is 16.5 Å². The van der Waals surface area contributed by atoms with Crippen LogP contribution in [0.1, 0.15) is 0 Å².